The zero-order valence-corrected chi connectivity index (χ0v) is 7.10. The van der Waals surface area contributed by atoms with Crippen molar-refractivity contribution in [3.8, 4) is 0 Å². The van der Waals surface area contributed by atoms with Crippen molar-refractivity contribution in [2.45, 2.75) is 31.5 Å². The minimum absolute atomic E-state index is 0.0604. The first-order chi connectivity index (χ1) is 5.91. The van der Waals surface area contributed by atoms with Gasteiger partial charge >= 0.3 is 6.18 Å². The third kappa shape index (κ3) is 1.99. The van der Waals surface area contributed by atoms with Gasteiger partial charge in [0.15, 0.2) is 5.54 Å². The largest absolute Gasteiger partial charge is 0.413 e. The standard InChI is InChI=1S/C7H10F3N3/c1-5(13-11)4-12-6(2-3-6)7(8,9)10/h4H,2-3,11H2,1H3. The lowest BCUT2D eigenvalue weighted by Crippen LogP contribution is -2.29. The third-order valence-corrected chi connectivity index (χ3v) is 1.95. The van der Waals surface area contributed by atoms with E-state index in [4.69, 9.17) is 5.84 Å². The molecule has 3 nitrogen and oxygen atoms in total. The Balaban J connectivity index is 2.69. The number of hydrogen-bond donors (Lipinski definition) is 1. The minimum atomic E-state index is -4.25. The Labute approximate surface area is 73.5 Å². The summed E-state index contributed by atoms with van der Waals surface area (Å²) in [7, 11) is 0. The molecular weight excluding hydrogens is 183 g/mol. The van der Waals surface area contributed by atoms with Gasteiger partial charge in [-0.25, -0.2) is 0 Å². The highest BCUT2D eigenvalue weighted by Gasteiger charge is 2.63. The second-order valence-corrected chi connectivity index (χ2v) is 3.06. The summed E-state index contributed by atoms with van der Waals surface area (Å²) in [5, 5.41) is 3.20. The van der Waals surface area contributed by atoms with Crippen LogP contribution in [0, 0.1) is 0 Å². The normalized spacial score (nSPS) is 22.3. The molecule has 0 spiro atoms. The van der Waals surface area contributed by atoms with Crippen LogP contribution in [-0.2, 0) is 0 Å². The van der Waals surface area contributed by atoms with Crippen LogP contribution in [0.1, 0.15) is 19.8 Å². The van der Waals surface area contributed by atoms with Gasteiger partial charge in [-0.1, -0.05) is 0 Å². The molecule has 0 aromatic heterocycles. The molecule has 0 aliphatic heterocycles. The molecule has 0 radical (unpaired) electrons. The summed E-state index contributed by atoms with van der Waals surface area (Å²) in [6.45, 7) is 1.50. The topological polar surface area (TPSA) is 50.7 Å². The second kappa shape index (κ2) is 3.01. The maximum atomic E-state index is 12.3. The van der Waals surface area contributed by atoms with E-state index in [1.807, 2.05) is 0 Å². The Morgan fingerprint density at radius 3 is 2.31 bits per heavy atom. The SMILES string of the molecule is CC(C=NC1(C(F)(F)F)CC1)=NN. The monoisotopic (exact) mass is 193 g/mol. The second-order valence-electron chi connectivity index (χ2n) is 3.06. The van der Waals surface area contributed by atoms with Crippen LogP contribution < -0.4 is 5.84 Å². The van der Waals surface area contributed by atoms with E-state index in [9.17, 15) is 13.2 Å². The number of hydrogen-bond acceptors (Lipinski definition) is 3. The molecule has 0 heterocycles. The van der Waals surface area contributed by atoms with Gasteiger partial charge in [0.25, 0.3) is 0 Å². The van der Waals surface area contributed by atoms with Crippen molar-refractivity contribution >= 4 is 11.9 Å². The van der Waals surface area contributed by atoms with Crippen molar-refractivity contribution in [3.05, 3.63) is 0 Å². The molecule has 0 aromatic carbocycles. The molecule has 0 unspecified atom stereocenters. The maximum Gasteiger partial charge on any atom is 0.413 e. The summed E-state index contributed by atoms with van der Waals surface area (Å²) < 4.78 is 36.8. The molecule has 1 saturated carbocycles. The van der Waals surface area contributed by atoms with Gasteiger partial charge < -0.3 is 5.84 Å². The Morgan fingerprint density at radius 1 is 1.46 bits per heavy atom. The molecule has 1 fully saturated rings. The molecule has 1 aliphatic carbocycles. The summed E-state index contributed by atoms with van der Waals surface area (Å²) in [5.74, 6) is 4.85. The molecule has 1 aliphatic rings. The van der Waals surface area contributed by atoms with Gasteiger partial charge in [0.1, 0.15) is 0 Å². The molecular formula is C7H10F3N3. The van der Waals surface area contributed by atoms with Crippen LogP contribution in [0.2, 0.25) is 0 Å². The molecule has 0 atom stereocenters. The number of hydrazone groups is 1. The Hall–Kier alpha value is -1.07. The maximum absolute atomic E-state index is 12.3. The summed E-state index contributed by atoms with van der Waals surface area (Å²) in [6.07, 6.45) is -3.06. The van der Waals surface area contributed by atoms with E-state index in [1.165, 1.54) is 6.92 Å². The van der Waals surface area contributed by atoms with Gasteiger partial charge in [0.05, 0.1) is 5.71 Å². The van der Waals surface area contributed by atoms with Crippen molar-refractivity contribution in [1.29, 1.82) is 0 Å². The molecule has 6 heteroatoms. The fourth-order valence-electron chi connectivity index (χ4n) is 0.854. The molecule has 74 valence electrons. The highest BCUT2D eigenvalue weighted by Crippen LogP contribution is 2.52. The molecule has 0 aromatic rings. The summed E-state index contributed by atoms with van der Waals surface area (Å²) in [5.41, 5.74) is -1.56. The van der Waals surface area contributed by atoms with Crippen LogP contribution in [0.3, 0.4) is 0 Å². The van der Waals surface area contributed by atoms with Crippen molar-refractivity contribution in [2.24, 2.45) is 15.9 Å². The summed E-state index contributed by atoms with van der Waals surface area (Å²) in [4.78, 5) is 3.45. The van der Waals surface area contributed by atoms with Crippen molar-refractivity contribution in [3.63, 3.8) is 0 Å². The average Bonchev–Trinajstić information content (AvgIpc) is 2.79. The predicted octanol–water partition coefficient (Wildman–Crippen LogP) is 1.49. The van der Waals surface area contributed by atoms with Crippen LogP contribution in [0.15, 0.2) is 10.1 Å². The smallest absolute Gasteiger partial charge is 0.323 e. The molecule has 13 heavy (non-hydrogen) atoms. The van der Waals surface area contributed by atoms with Crippen molar-refractivity contribution in [2.75, 3.05) is 0 Å². The Morgan fingerprint density at radius 2 is 2.00 bits per heavy atom. The number of alkyl halides is 3. The Kier molecular flexibility index (Phi) is 2.32. The van der Waals surface area contributed by atoms with Gasteiger partial charge in [-0.15, -0.1) is 0 Å². The van der Waals surface area contributed by atoms with E-state index in [1.54, 1.807) is 0 Å². The fourth-order valence-corrected chi connectivity index (χ4v) is 0.854. The molecule has 0 bridgehead atoms. The van der Waals surface area contributed by atoms with Crippen molar-refractivity contribution in [1.82, 2.24) is 0 Å². The average molecular weight is 193 g/mol. The summed E-state index contributed by atoms with van der Waals surface area (Å²) >= 11 is 0. The first-order valence-corrected chi connectivity index (χ1v) is 3.78. The lowest BCUT2D eigenvalue weighted by molar-refractivity contribution is -0.155. The van der Waals surface area contributed by atoms with Crippen LogP contribution in [-0.4, -0.2) is 23.6 Å². The van der Waals surface area contributed by atoms with Gasteiger partial charge in [-0.2, -0.15) is 18.3 Å². The fraction of sp³-hybridized carbons (Fsp3) is 0.714. The van der Waals surface area contributed by atoms with Crippen molar-refractivity contribution < 1.29 is 13.2 Å². The van der Waals surface area contributed by atoms with E-state index < -0.39 is 11.7 Å². The molecule has 0 amide bonds. The number of nitrogens with two attached hydrogens (primary N) is 1. The van der Waals surface area contributed by atoms with Gasteiger partial charge in [0.2, 0.25) is 0 Å². The third-order valence-electron chi connectivity index (χ3n) is 1.95. The number of halogens is 3. The molecule has 1 rings (SSSR count). The van der Waals surface area contributed by atoms with Crippen LogP contribution in [0.25, 0.3) is 0 Å². The first kappa shape index (κ1) is 10.0. The highest BCUT2D eigenvalue weighted by atomic mass is 19.4. The molecule has 2 N–H and O–H groups in total. The number of aliphatic imine (C=N–C) groups is 1. The first-order valence-electron chi connectivity index (χ1n) is 3.78. The Bertz CT molecular complexity index is 250. The quantitative estimate of drug-likeness (QED) is 0.403. The van der Waals surface area contributed by atoms with E-state index in [0.717, 1.165) is 6.21 Å². The van der Waals surface area contributed by atoms with Crippen LogP contribution in [0.5, 0.6) is 0 Å². The predicted molar refractivity (Wildman–Crippen MR) is 43.8 cm³/mol. The van der Waals surface area contributed by atoms with E-state index in [0.29, 0.717) is 0 Å². The zero-order chi connectivity index (χ0) is 10.1. The van der Waals surface area contributed by atoms with E-state index in [2.05, 4.69) is 10.1 Å². The lowest BCUT2D eigenvalue weighted by atomic mass is 10.3. The minimum Gasteiger partial charge on any atom is -0.323 e. The van der Waals surface area contributed by atoms with Gasteiger partial charge in [-0.3, -0.25) is 4.99 Å². The van der Waals surface area contributed by atoms with Crippen LogP contribution >= 0.6 is 0 Å². The summed E-state index contributed by atoms with van der Waals surface area (Å²) in [6, 6.07) is 0. The highest BCUT2D eigenvalue weighted by molar-refractivity contribution is 6.29. The van der Waals surface area contributed by atoms with Gasteiger partial charge in [-0.05, 0) is 19.8 Å². The zero-order valence-electron chi connectivity index (χ0n) is 7.10. The molecule has 0 saturated heterocycles. The van der Waals surface area contributed by atoms with E-state index >= 15 is 0 Å². The lowest BCUT2D eigenvalue weighted by Gasteiger charge is -2.13. The van der Waals surface area contributed by atoms with E-state index in [-0.39, 0.29) is 18.6 Å². The van der Waals surface area contributed by atoms with Gasteiger partial charge in [0, 0.05) is 6.21 Å². The number of nitrogens with zero attached hydrogens (tertiary/aromatic N) is 2. The van der Waals surface area contributed by atoms with Crippen LogP contribution in [0.4, 0.5) is 13.2 Å². The number of rotatable bonds is 2.